The molecule has 0 unspecified atom stereocenters. The molecular weight excluding hydrogens is 253 g/mol. The summed E-state index contributed by atoms with van der Waals surface area (Å²) >= 11 is 0. The minimum absolute atomic E-state index is 0.143. The van der Waals surface area contributed by atoms with Crippen molar-refractivity contribution < 1.29 is 22.2 Å². The molecule has 1 aromatic rings. The lowest BCUT2D eigenvalue weighted by molar-refractivity contribution is 0.0696. The zero-order valence-corrected chi connectivity index (χ0v) is 9.27. The van der Waals surface area contributed by atoms with Gasteiger partial charge in [0.1, 0.15) is 4.90 Å². The van der Waals surface area contributed by atoms with Gasteiger partial charge in [0.05, 0.1) is 5.56 Å². The average Bonchev–Trinajstić information content (AvgIpc) is 2.19. The van der Waals surface area contributed by atoms with Gasteiger partial charge in [-0.1, -0.05) is 5.11 Å². The highest BCUT2D eigenvalue weighted by atomic mass is 32.3. The molecular formula is C8H6FN3O4S. The summed E-state index contributed by atoms with van der Waals surface area (Å²) in [6.07, 6.45) is 0. The zero-order chi connectivity index (χ0) is 13.2. The van der Waals surface area contributed by atoms with Crippen molar-refractivity contribution in [3.8, 4) is 0 Å². The first-order valence-electron chi connectivity index (χ1n) is 4.15. The Morgan fingerprint density at radius 3 is 2.53 bits per heavy atom. The van der Waals surface area contributed by atoms with Gasteiger partial charge in [0.25, 0.3) is 0 Å². The minimum atomic E-state index is -5.08. The highest BCUT2D eigenvalue weighted by molar-refractivity contribution is 7.86. The molecule has 0 amide bonds. The molecule has 0 heterocycles. The number of hydrogen-bond donors (Lipinski definition) is 1. The fourth-order valence-electron chi connectivity index (χ4n) is 1.20. The summed E-state index contributed by atoms with van der Waals surface area (Å²) in [5, 5.41) is 11.8. The normalized spacial score (nSPS) is 10.7. The quantitative estimate of drug-likeness (QED) is 0.387. The van der Waals surface area contributed by atoms with Crippen LogP contribution in [0.3, 0.4) is 0 Å². The number of carboxylic acids is 1. The summed E-state index contributed by atoms with van der Waals surface area (Å²) in [7, 11) is -5.08. The van der Waals surface area contributed by atoms with Gasteiger partial charge in [0.15, 0.2) is 0 Å². The van der Waals surface area contributed by atoms with E-state index in [1.54, 1.807) is 0 Å². The summed E-state index contributed by atoms with van der Waals surface area (Å²) in [5.41, 5.74) is 7.37. The van der Waals surface area contributed by atoms with Gasteiger partial charge in [-0.25, -0.2) is 4.79 Å². The van der Waals surface area contributed by atoms with Gasteiger partial charge < -0.3 is 5.11 Å². The van der Waals surface area contributed by atoms with E-state index in [1.807, 2.05) is 0 Å². The lowest BCUT2D eigenvalue weighted by Gasteiger charge is -2.06. The van der Waals surface area contributed by atoms with Crippen LogP contribution in [0.4, 0.5) is 9.57 Å². The average molecular weight is 259 g/mol. The Labute approximate surface area is 95.3 Å². The minimum Gasteiger partial charge on any atom is -0.478 e. The molecule has 1 rings (SSSR count). The van der Waals surface area contributed by atoms with Gasteiger partial charge in [-0.3, -0.25) is 0 Å². The van der Waals surface area contributed by atoms with Crippen molar-refractivity contribution in [2.75, 3.05) is 0 Å². The van der Waals surface area contributed by atoms with E-state index in [9.17, 15) is 17.1 Å². The number of azide groups is 1. The van der Waals surface area contributed by atoms with Crippen molar-refractivity contribution in [3.63, 3.8) is 0 Å². The highest BCUT2D eigenvalue weighted by Gasteiger charge is 2.20. The predicted octanol–water partition coefficient (Wildman–Crippen LogP) is 2.29. The van der Waals surface area contributed by atoms with Crippen LogP contribution in [-0.4, -0.2) is 19.5 Å². The molecule has 17 heavy (non-hydrogen) atoms. The van der Waals surface area contributed by atoms with E-state index in [1.165, 1.54) is 6.92 Å². The van der Waals surface area contributed by atoms with Gasteiger partial charge in [-0.15, -0.1) is 3.89 Å². The topological polar surface area (TPSA) is 120 Å². The maximum atomic E-state index is 12.9. The van der Waals surface area contributed by atoms with Crippen LogP contribution in [-0.2, 0) is 10.2 Å². The van der Waals surface area contributed by atoms with Crippen molar-refractivity contribution in [3.05, 3.63) is 33.7 Å². The maximum absolute atomic E-state index is 12.9. The van der Waals surface area contributed by atoms with Crippen LogP contribution in [0.1, 0.15) is 15.9 Å². The molecule has 0 radical (unpaired) electrons. The van der Waals surface area contributed by atoms with Gasteiger partial charge in [0, 0.05) is 10.6 Å². The van der Waals surface area contributed by atoms with E-state index in [0.717, 1.165) is 6.07 Å². The first-order valence-corrected chi connectivity index (χ1v) is 5.53. The van der Waals surface area contributed by atoms with Crippen molar-refractivity contribution in [1.82, 2.24) is 0 Å². The van der Waals surface area contributed by atoms with E-state index >= 15 is 0 Å². The first-order chi connectivity index (χ1) is 7.77. The number of aromatic carboxylic acids is 1. The van der Waals surface area contributed by atoms with E-state index in [0.29, 0.717) is 6.07 Å². The molecule has 0 saturated carbocycles. The Hall–Kier alpha value is -2.12. The number of benzene rings is 1. The smallest absolute Gasteiger partial charge is 0.335 e. The summed E-state index contributed by atoms with van der Waals surface area (Å²) in [6, 6.07) is 1.63. The van der Waals surface area contributed by atoms with Crippen molar-refractivity contribution in [2.24, 2.45) is 5.11 Å². The number of rotatable bonds is 3. The molecule has 0 aliphatic carbocycles. The van der Waals surface area contributed by atoms with Crippen LogP contribution < -0.4 is 0 Å². The number of hydrogen-bond acceptors (Lipinski definition) is 4. The Balaban J connectivity index is 3.72. The van der Waals surface area contributed by atoms with E-state index in [-0.39, 0.29) is 11.3 Å². The van der Waals surface area contributed by atoms with Crippen LogP contribution >= 0.6 is 0 Å². The molecule has 9 heteroatoms. The summed E-state index contributed by atoms with van der Waals surface area (Å²) < 4.78 is 34.5. The summed E-state index contributed by atoms with van der Waals surface area (Å²) in [4.78, 5) is 12.3. The van der Waals surface area contributed by atoms with Crippen LogP contribution in [0.2, 0.25) is 0 Å². The molecule has 0 saturated heterocycles. The summed E-state index contributed by atoms with van der Waals surface area (Å²) in [6.45, 7) is 1.21. The number of carboxylic acid groups (broad SMARTS) is 1. The van der Waals surface area contributed by atoms with Crippen molar-refractivity contribution >= 4 is 21.9 Å². The lowest BCUT2D eigenvalue weighted by Crippen LogP contribution is -2.02. The largest absolute Gasteiger partial charge is 0.478 e. The van der Waals surface area contributed by atoms with Gasteiger partial charge in [-0.05, 0) is 30.2 Å². The molecule has 0 aliphatic heterocycles. The second-order valence-electron chi connectivity index (χ2n) is 3.05. The fraction of sp³-hybridized carbons (Fsp3) is 0.125. The fourth-order valence-corrected chi connectivity index (χ4v) is 1.94. The molecule has 0 fully saturated rings. The molecule has 7 nitrogen and oxygen atoms in total. The van der Waals surface area contributed by atoms with Crippen LogP contribution in [0.25, 0.3) is 10.4 Å². The third-order valence-electron chi connectivity index (χ3n) is 1.99. The maximum Gasteiger partial charge on any atom is 0.335 e. The third kappa shape index (κ3) is 2.71. The van der Waals surface area contributed by atoms with Crippen LogP contribution in [0, 0.1) is 6.92 Å². The molecule has 1 N–H and O–H groups in total. The van der Waals surface area contributed by atoms with Gasteiger partial charge in [-0.2, -0.15) is 8.42 Å². The lowest BCUT2D eigenvalue weighted by atomic mass is 10.1. The van der Waals surface area contributed by atoms with Crippen LogP contribution in [0.5, 0.6) is 0 Å². The molecule has 0 bridgehead atoms. The standard InChI is InChI=1S/C8H6FN3O4S/c1-4-6(11-12-10)2-5(8(13)14)3-7(4)17(9,15)16/h2-3H,1H3,(H,13,14). The van der Waals surface area contributed by atoms with E-state index in [2.05, 4.69) is 10.0 Å². The Morgan fingerprint density at radius 2 is 2.12 bits per heavy atom. The Kier molecular flexibility index (Phi) is 3.35. The van der Waals surface area contributed by atoms with E-state index in [4.69, 9.17) is 10.6 Å². The van der Waals surface area contributed by atoms with Gasteiger partial charge >= 0.3 is 16.2 Å². The van der Waals surface area contributed by atoms with Crippen LogP contribution in [0.15, 0.2) is 22.1 Å². The van der Waals surface area contributed by atoms with E-state index < -0.39 is 26.7 Å². The monoisotopic (exact) mass is 259 g/mol. The molecule has 0 spiro atoms. The summed E-state index contributed by atoms with van der Waals surface area (Å²) in [5.74, 6) is -1.45. The predicted molar refractivity (Wildman–Crippen MR) is 55.2 cm³/mol. The van der Waals surface area contributed by atoms with Gasteiger partial charge in [0.2, 0.25) is 0 Å². The highest BCUT2D eigenvalue weighted by Crippen LogP contribution is 2.29. The third-order valence-corrected chi connectivity index (χ3v) is 2.94. The first kappa shape index (κ1) is 12.9. The molecule has 1 aromatic carbocycles. The zero-order valence-electron chi connectivity index (χ0n) is 8.45. The molecule has 0 aromatic heterocycles. The van der Waals surface area contributed by atoms with Crippen molar-refractivity contribution in [2.45, 2.75) is 11.8 Å². The Bertz CT molecular complexity index is 634. The molecule has 90 valence electrons. The molecule has 0 atom stereocenters. The number of carbonyl (C=O) groups is 1. The van der Waals surface area contributed by atoms with Crippen molar-refractivity contribution in [1.29, 1.82) is 0 Å². The second-order valence-corrected chi connectivity index (χ2v) is 4.37. The molecule has 0 aliphatic rings. The Morgan fingerprint density at radius 1 is 1.53 bits per heavy atom. The number of nitrogens with zero attached hydrogens (tertiary/aromatic N) is 3. The SMILES string of the molecule is Cc1c(N=[N+]=[N-])cc(C(=O)O)cc1S(=O)(=O)F. The number of halogens is 1. The second kappa shape index (κ2) is 4.40.